The van der Waals surface area contributed by atoms with E-state index in [1.54, 1.807) is 10.4 Å². The molecule has 10 heteroatoms. The molecule has 8 nitrogen and oxygen atoms in total. The fraction of sp³-hybridized carbons (Fsp3) is 0.650. The number of phenolic OH excluding ortho intramolecular Hbond substituents is 1. The summed E-state index contributed by atoms with van der Waals surface area (Å²) in [4.78, 5) is 9.33. The van der Waals surface area contributed by atoms with Gasteiger partial charge in [-0.15, -0.1) is 24.0 Å². The van der Waals surface area contributed by atoms with Gasteiger partial charge in [0.25, 0.3) is 0 Å². The molecule has 0 bridgehead atoms. The van der Waals surface area contributed by atoms with Gasteiger partial charge in [0, 0.05) is 52.4 Å². The summed E-state index contributed by atoms with van der Waals surface area (Å²) in [6, 6.07) is 7.46. The Kier molecular flexibility index (Phi) is 9.48. The molecule has 2 heterocycles. The number of para-hydroxylation sites is 2. The molecule has 3 rings (SSSR count). The zero-order valence-electron chi connectivity index (χ0n) is 17.8. The van der Waals surface area contributed by atoms with Gasteiger partial charge in [-0.25, -0.2) is 12.7 Å². The van der Waals surface area contributed by atoms with Crippen LogP contribution < -0.4 is 10.2 Å². The number of piperazine rings is 1. The maximum Gasteiger partial charge on any atom is 0.211 e. The number of hydrogen-bond acceptors (Lipinski definition) is 5. The Labute approximate surface area is 197 Å². The van der Waals surface area contributed by atoms with E-state index in [1.807, 2.05) is 18.2 Å². The lowest BCUT2D eigenvalue weighted by atomic mass is 9.98. The van der Waals surface area contributed by atoms with Gasteiger partial charge < -0.3 is 20.2 Å². The lowest BCUT2D eigenvalue weighted by Gasteiger charge is -2.38. The predicted octanol–water partition coefficient (Wildman–Crippen LogP) is 1.77. The lowest BCUT2D eigenvalue weighted by Crippen LogP contribution is -2.52. The molecular formula is C20H34IN5O3S. The molecule has 0 radical (unpaired) electrons. The molecule has 1 aromatic rings. The van der Waals surface area contributed by atoms with E-state index in [-0.39, 0.29) is 24.0 Å². The number of anilines is 1. The summed E-state index contributed by atoms with van der Waals surface area (Å²) in [5.74, 6) is 1.67. The van der Waals surface area contributed by atoms with E-state index in [0.717, 1.165) is 63.8 Å². The smallest absolute Gasteiger partial charge is 0.211 e. The molecule has 2 saturated heterocycles. The number of aromatic hydroxyl groups is 1. The van der Waals surface area contributed by atoms with Crippen molar-refractivity contribution in [1.82, 2.24) is 14.5 Å². The molecule has 0 aromatic heterocycles. The van der Waals surface area contributed by atoms with Gasteiger partial charge in [0.05, 0.1) is 11.9 Å². The van der Waals surface area contributed by atoms with Gasteiger partial charge in [0.1, 0.15) is 5.75 Å². The number of hydrogen-bond donors (Lipinski definition) is 2. The van der Waals surface area contributed by atoms with E-state index in [1.165, 1.54) is 6.26 Å². The molecule has 0 unspecified atom stereocenters. The van der Waals surface area contributed by atoms with Gasteiger partial charge in [0.15, 0.2) is 5.96 Å². The second-order valence-corrected chi connectivity index (χ2v) is 9.75. The van der Waals surface area contributed by atoms with Gasteiger partial charge in [-0.05, 0) is 37.8 Å². The van der Waals surface area contributed by atoms with Crippen LogP contribution >= 0.6 is 24.0 Å². The highest BCUT2D eigenvalue weighted by Gasteiger charge is 2.25. The summed E-state index contributed by atoms with van der Waals surface area (Å²) < 4.78 is 24.9. The van der Waals surface area contributed by atoms with Crippen molar-refractivity contribution in [2.24, 2.45) is 10.9 Å². The van der Waals surface area contributed by atoms with Crippen LogP contribution in [-0.4, -0.2) is 87.3 Å². The number of benzene rings is 1. The Morgan fingerprint density at radius 2 is 1.77 bits per heavy atom. The molecule has 2 aliphatic heterocycles. The first-order chi connectivity index (χ1) is 13.9. The first-order valence-corrected chi connectivity index (χ1v) is 12.2. The van der Waals surface area contributed by atoms with E-state index >= 15 is 0 Å². The van der Waals surface area contributed by atoms with Crippen LogP contribution in [0.15, 0.2) is 29.3 Å². The molecule has 1 aromatic carbocycles. The molecule has 0 spiro atoms. The van der Waals surface area contributed by atoms with Crippen LogP contribution in [0.1, 0.15) is 19.8 Å². The summed E-state index contributed by atoms with van der Waals surface area (Å²) in [6.07, 6.45) is 3.00. The highest BCUT2D eigenvalue weighted by atomic mass is 127. The van der Waals surface area contributed by atoms with Gasteiger partial charge in [-0.2, -0.15) is 0 Å². The zero-order chi connectivity index (χ0) is 20.9. The Hall–Kier alpha value is -1.27. The summed E-state index contributed by atoms with van der Waals surface area (Å²) >= 11 is 0. The summed E-state index contributed by atoms with van der Waals surface area (Å²) in [6.45, 7) is 8.12. The van der Waals surface area contributed by atoms with Crippen LogP contribution in [0, 0.1) is 5.92 Å². The van der Waals surface area contributed by atoms with E-state index in [2.05, 4.69) is 22.0 Å². The van der Waals surface area contributed by atoms with E-state index in [4.69, 9.17) is 4.99 Å². The molecule has 0 aliphatic carbocycles. The van der Waals surface area contributed by atoms with Crippen molar-refractivity contribution >= 4 is 45.6 Å². The van der Waals surface area contributed by atoms with Gasteiger partial charge in [0.2, 0.25) is 10.0 Å². The zero-order valence-corrected chi connectivity index (χ0v) is 21.0. The van der Waals surface area contributed by atoms with Crippen LogP contribution in [0.4, 0.5) is 5.69 Å². The average molecular weight is 551 g/mol. The summed E-state index contributed by atoms with van der Waals surface area (Å²) in [5, 5.41) is 13.5. The summed E-state index contributed by atoms with van der Waals surface area (Å²) in [7, 11) is -3.08. The second-order valence-electron chi connectivity index (χ2n) is 7.76. The molecular weight excluding hydrogens is 517 g/mol. The van der Waals surface area contributed by atoms with Crippen LogP contribution in [0.25, 0.3) is 0 Å². The number of aliphatic imine (C=N–C) groups is 1. The number of halogens is 1. The number of rotatable bonds is 5. The van der Waals surface area contributed by atoms with E-state index in [9.17, 15) is 13.5 Å². The standard InChI is InChI=1S/C20H33N5O3S.HI/c1-3-21-20(22-16-17-8-10-25(11-9-17)29(2,27)28)24-14-12-23(13-15-24)18-6-4-5-7-19(18)26;/h4-7,17,26H,3,8-16H2,1-2H3,(H,21,22);1H. The molecule has 2 N–H and O–H groups in total. The Morgan fingerprint density at radius 3 is 2.33 bits per heavy atom. The highest BCUT2D eigenvalue weighted by Crippen LogP contribution is 2.27. The number of nitrogens with one attached hydrogen (secondary N) is 1. The van der Waals surface area contributed by atoms with Gasteiger partial charge >= 0.3 is 0 Å². The van der Waals surface area contributed by atoms with Crippen molar-refractivity contribution in [3.8, 4) is 5.75 Å². The normalized spacial score (nSPS) is 19.5. The number of guanidine groups is 1. The van der Waals surface area contributed by atoms with E-state index < -0.39 is 10.0 Å². The molecule has 170 valence electrons. The monoisotopic (exact) mass is 551 g/mol. The maximum absolute atomic E-state index is 11.7. The van der Waals surface area contributed by atoms with Crippen molar-refractivity contribution in [3.63, 3.8) is 0 Å². The van der Waals surface area contributed by atoms with Gasteiger partial charge in [-0.1, -0.05) is 12.1 Å². The number of piperidine rings is 1. The molecule has 0 atom stereocenters. The number of phenols is 1. The number of nitrogens with zero attached hydrogens (tertiary/aromatic N) is 4. The van der Waals surface area contributed by atoms with Gasteiger partial charge in [-0.3, -0.25) is 4.99 Å². The van der Waals surface area contributed by atoms with Crippen molar-refractivity contribution in [2.45, 2.75) is 19.8 Å². The fourth-order valence-electron chi connectivity index (χ4n) is 3.96. The maximum atomic E-state index is 11.7. The molecule has 0 amide bonds. The third-order valence-electron chi connectivity index (χ3n) is 5.68. The minimum atomic E-state index is -3.08. The first kappa shape index (κ1) is 25.0. The third kappa shape index (κ3) is 6.61. The molecule has 30 heavy (non-hydrogen) atoms. The Balaban J connectivity index is 0.00000320. The topological polar surface area (TPSA) is 88.5 Å². The Morgan fingerprint density at radius 1 is 1.13 bits per heavy atom. The third-order valence-corrected chi connectivity index (χ3v) is 6.98. The SMILES string of the molecule is CCNC(=NCC1CCN(S(C)(=O)=O)CC1)N1CCN(c2ccccc2O)CC1.I. The first-order valence-electron chi connectivity index (χ1n) is 10.4. The van der Waals surface area contributed by atoms with Crippen LogP contribution in [-0.2, 0) is 10.0 Å². The largest absolute Gasteiger partial charge is 0.506 e. The van der Waals surface area contributed by atoms with Crippen LogP contribution in [0.2, 0.25) is 0 Å². The predicted molar refractivity (Wildman–Crippen MR) is 132 cm³/mol. The van der Waals surface area contributed by atoms with Crippen molar-refractivity contribution < 1.29 is 13.5 Å². The van der Waals surface area contributed by atoms with Crippen LogP contribution in [0.5, 0.6) is 5.75 Å². The quantitative estimate of drug-likeness (QED) is 0.330. The summed E-state index contributed by atoms with van der Waals surface area (Å²) in [5.41, 5.74) is 0.881. The molecule has 2 aliphatic rings. The fourth-order valence-corrected chi connectivity index (χ4v) is 4.83. The average Bonchev–Trinajstić information content (AvgIpc) is 2.71. The van der Waals surface area contributed by atoms with Crippen molar-refractivity contribution in [1.29, 1.82) is 0 Å². The lowest BCUT2D eigenvalue weighted by molar-refractivity contribution is 0.279. The molecule has 0 saturated carbocycles. The van der Waals surface area contributed by atoms with E-state index in [0.29, 0.717) is 24.8 Å². The van der Waals surface area contributed by atoms with Crippen LogP contribution in [0.3, 0.4) is 0 Å². The molecule has 2 fully saturated rings. The van der Waals surface area contributed by atoms with Crippen molar-refractivity contribution in [2.75, 3.05) is 63.5 Å². The number of sulfonamides is 1. The highest BCUT2D eigenvalue weighted by molar-refractivity contribution is 14.0. The minimum Gasteiger partial charge on any atom is -0.506 e. The minimum absolute atomic E-state index is 0. The second kappa shape index (κ2) is 11.4. The Bertz CT molecular complexity index is 804. The van der Waals surface area contributed by atoms with Crippen molar-refractivity contribution in [3.05, 3.63) is 24.3 Å².